The van der Waals surface area contributed by atoms with Gasteiger partial charge in [-0.3, -0.25) is 9.69 Å². The number of anilines is 1. The Labute approximate surface area is 125 Å². The lowest BCUT2D eigenvalue weighted by Gasteiger charge is -2.22. The lowest BCUT2D eigenvalue weighted by molar-refractivity contribution is -0.117. The molecule has 1 amide bonds. The van der Waals surface area contributed by atoms with Crippen LogP contribution in [0.4, 0.5) is 5.69 Å². The van der Waals surface area contributed by atoms with Crippen LogP contribution in [0.5, 0.6) is 5.75 Å². The van der Waals surface area contributed by atoms with Crippen LogP contribution in [-0.2, 0) is 4.79 Å². The molecule has 1 unspecified atom stereocenters. The molecule has 20 heavy (non-hydrogen) atoms. The number of likely N-dealkylation sites (tertiary alicyclic amines) is 1. The normalized spacial score (nSPS) is 18.4. The molecule has 0 spiro atoms. The molecule has 0 saturated carbocycles. The number of nitrogens with one attached hydrogen (secondary N) is 1. The number of hydrogen-bond donors (Lipinski definition) is 2. The molecular weight excluding hydrogens is 278 g/mol. The molecule has 1 aromatic rings. The van der Waals surface area contributed by atoms with Gasteiger partial charge in [-0.1, -0.05) is 0 Å². The van der Waals surface area contributed by atoms with E-state index in [2.05, 4.69) is 10.2 Å². The maximum absolute atomic E-state index is 12.0. The summed E-state index contributed by atoms with van der Waals surface area (Å²) in [5.41, 5.74) is 6.48. The highest BCUT2D eigenvalue weighted by molar-refractivity contribution is 5.92. The molecular formula is C14H22ClN3O2. The summed E-state index contributed by atoms with van der Waals surface area (Å²) in [5, 5.41) is 2.89. The molecule has 0 aromatic heterocycles. The lowest BCUT2D eigenvalue weighted by Crippen LogP contribution is -2.40. The first kappa shape index (κ1) is 16.8. The fraction of sp³-hybridized carbons (Fsp3) is 0.500. The summed E-state index contributed by atoms with van der Waals surface area (Å²) in [5.74, 6) is 0.784. The Morgan fingerprint density at radius 1 is 1.45 bits per heavy atom. The van der Waals surface area contributed by atoms with E-state index >= 15 is 0 Å². The Hall–Kier alpha value is -1.30. The number of ether oxygens (including phenoxy) is 1. The third-order valence-corrected chi connectivity index (χ3v) is 3.49. The fourth-order valence-corrected chi connectivity index (χ4v) is 2.43. The second-order valence-electron chi connectivity index (χ2n) is 4.78. The molecule has 0 radical (unpaired) electrons. The van der Waals surface area contributed by atoms with Gasteiger partial charge in [0.05, 0.1) is 13.7 Å². The molecule has 1 aliphatic rings. The highest BCUT2D eigenvalue weighted by Gasteiger charge is 2.24. The molecule has 1 atom stereocenters. The Morgan fingerprint density at radius 3 is 2.75 bits per heavy atom. The number of methoxy groups -OCH3 is 1. The van der Waals surface area contributed by atoms with Crippen LogP contribution in [0, 0.1) is 0 Å². The summed E-state index contributed by atoms with van der Waals surface area (Å²) in [6.07, 6.45) is 2.21. The van der Waals surface area contributed by atoms with E-state index in [0.29, 0.717) is 19.1 Å². The van der Waals surface area contributed by atoms with Crippen molar-refractivity contribution in [3.8, 4) is 5.75 Å². The van der Waals surface area contributed by atoms with Gasteiger partial charge in [-0.15, -0.1) is 12.4 Å². The molecule has 0 bridgehead atoms. The summed E-state index contributed by atoms with van der Waals surface area (Å²) in [6.45, 7) is 1.99. The Kier molecular flexibility index (Phi) is 6.78. The van der Waals surface area contributed by atoms with Gasteiger partial charge in [0.2, 0.25) is 5.91 Å². The number of hydrogen-bond acceptors (Lipinski definition) is 4. The van der Waals surface area contributed by atoms with Crippen LogP contribution in [-0.4, -0.2) is 43.6 Å². The minimum absolute atomic E-state index is 0. The van der Waals surface area contributed by atoms with Gasteiger partial charge in [-0.25, -0.2) is 0 Å². The first-order valence-corrected chi connectivity index (χ1v) is 6.61. The number of rotatable bonds is 5. The highest BCUT2D eigenvalue weighted by atomic mass is 35.5. The first-order valence-electron chi connectivity index (χ1n) is 6.61. The van der Waals surface area contributed by atoms with Gasteiger partial charge < -0.3 is 15.8 Å². The fourth-order valence-electron chi connectivity index (χ4n) is 2.43. The largest absolute Gasteiger partial charge is 0.497 e. The maximum Gasteiger partial charge on any atom is 0.238 e. The third-order valence-electron chi connectivity index (χ3n) is 3.49. The monoisotopic (exact) mass is 299 g/mol. The molecule has 2 rings (SSSR count). The topological polar surface area (TPSA) is 67.6 Å². The van der Waals surface area contributed by atoms with Crippen molar-refractivity contribution in [2.45, 2.75) is 18.9 Å². The van der Waals surface area contributed by atoms with Crippen LogP contribution in [0.25, 0.3) is 0 Å². The molecule has 1 aromatic carbocycles. The van der Waals surface area contributed by atoms with Gasteiger partial charge >= 0.3 is 0 Å². The first-order chi connectivity index (χ1) is 9.22. The van der Waals surface area contributed by atoms with E-state index in [1.807, 2.05) is 24.3 Å². The number of carbonyl (C=O) groups is 1. The number of nitrogens with two attached hydrogens (primary N) is 1. The molecule has 1 saturated heterocycles. The van der Waals surface area contributed by atoms with E-state index in [-0.39, 0.29) is 18.3 Å². The Morgan fingerprint density at radius 2 is 2.15 bits per heavy atom. The zero-order chi connectivity index (χ0) is 13.7. The lowest BCUT2D eigenvalue weighted by atomic mass is 10.2. The van der Waals surface area contributed by atoms with E-state index in [1.165, 1.54) is 0 Å². The number of nitrogens with zero attached hydrogens (tertiary/aromatic N) is 1. The van der Waals surface area contributed by atoms with Crippen molar-refractivity contribution in [3.63, 3.8) is 0 Å². The predicted molar refractivity (Wildman–Crippen MR) is 82.5 cm³/mol. The Balaban J connectivity index is 0.00000200. The smallest absolute Gasteiger partial charge is 0.238 e. The van der Waals surface area contributed by atoms with Crippen molar-refractivity contribution in [3.05, 3.63) is 24.3 Å². The second-order valence-corrected chi connectivity index (χ2v) is 4.78. The van der Waals surface area contributed by atoms with Crippen LogP contribution < -0.4 is 15.8 Å². The number of amides is 1. The van der Waals surface area contributed by atoms with Crippen molar-refractivity contribution in [2.24, 2.45) is 5.73 Å². The predicted octanol–water partition coefficient (Wildman–Crippen LogP) is 1.48. The number of halogens is 1. The van der Waals surface area contributed by atoms with Crippen LogP contribution in [0.2, 0.25) is 0 Å². The van der Waals surface area contributed by atoms with Gasteiger partial charge in [-0.05, 0) is 43.7 Å². The zero-order valence-corrected chi connectivity index (χ0v) is 12.5. The highest BCUT2D eigenvalue weighted by Crippen LogP contribution is 2.17. The Bertz CT molecular complexity index is 425. The molecule has 1 heterocycles. The average molecular weight is 300 g/mol. The van der Waals surface area contributed by atoms with Crippen LogP contribution >= 0.6 is 12.4 Å². The van der Waals surface area contributed by atoms with Crippen LogP contribution in [0.15, 0.2) is 24.3 Å². The standard InChI is InChI=1S/C14H21N3O2.ClH/c1-19-13-6-4-11(5-7-13)16-14(18)10-17-8-2-3-12(17)9-15;/h4-7,12H,2-3,8-10,15H2,1H3,(H,16,18);1H. The molecule has 6 heteroatoms. The summed E-state index contributed by atoms with van der Waals surface area (Å²) < 4.78 is 5.08. The van der Waals surface area contributed by atoms with Crippen molar-refractivity contribution in [2.75, 3.05) is 32.1 Å². The van der Waals surface area contributed by atoms with Crippen molar-refractivity contribution < 1.29 is 9.53 Å². The van der Waals surface area contributed by atoms with Gasteiger partial charge in [0.25, 0.3) is 0 Å². The number of benzene rings is 1. The van der Waals surface area contributed by atoms with Gasteiger partial charge in [0, 0.05) is 18.3 Å². The number of carbonyl (C=O) groups excluding carboxylic acids is 1. The van der Waals surface area contributed by atoms with E-state index in [1.54, 1.807) is 7.11 Å². The van der Waals surface area contributed by atoms with Crippen LogP contribution in [0.1, 0.15) is 12.8 Å². The van der Waals surface area contributed by atoms with E-state index < -0.39 is 0 Å². The minimum Gasteiger partial charge on any atom is -0.497 e. The maximum atomic E-state index is 12.0. The summed E-state index contributed by atoms with van der Waals surface area (Å²) in [4.78, 5) is 14.1. The molecule has 1 fully saturated rings. The summed E-state index contributed by atoms with van der Waals surface area (Å²) >= 11 is 0. The zero-order valence-electron chi connectivity index (χ0n) is 11.7. The van der Waals surface area contributed by atoms with Gasteiger partial charge in [-0.2, -0.15) is 0 Å². The van der Waals surface area contributed by atoms with Crippen molar-refractivity contribution >= 4 is 24.0 Å². The van der Waals surface area contributed by atoms with E-state index in [0.717, 1.165) is 30.8 Å². The third kappa shape index (κ3) is 4.37. The van der Waals surface area contributed by atoms with E-state index in [9.17, 15) is 4.79 Å². The molecule has 0 aliphatic carbocycles. The van der Waals surface area contributed by atoms with Gasteiger partial charge in [0.15, 0.2) is 0 Å². The molecule has 112 valence electrons. The summed E-state index contributed by atoms with van der Waals surface area (Å²) in [6, 6.07) is 7.67. The molecule has 1 aliphatic heterocycles. The van der Waals surface area contributed by atoms with Crippen LogP contribution in [0.3, 0.4) is 0 Å². The molecule has 5 nitrogen and oxygen atoms in total. The van der Waals surface area contributed by atoms with Gasteiger partial charge in [0.1, 0.15) is 5.75 Å². The quantitative estimate of drug-likeness (QED) is 0.864. The van der Waals surface area contributed by atoms with Crippen molar-refractivity contribution in [1.29, 1.82) is 0 Å². The van der Waals surface area contributed by atoms with E-state index in [4.69, 9.17) is 10.5 Å². The SMILES string of the molecule is COc1ccc(NC(=O)CN2CCCC2CN)cc1.Cl. The molecule has 3 N–H and O–H groups in total. The summed E-state index contributed by atoms with van der Waals surface area (Å²) in [7, 11) is 1.62. The minimum atomic E-state index is 0. The van der Waals surface area contributed by atoms with Crippen molar-refractivity contribution in [1.82, 2.24) is 4.90 Å². The second kappa shape index (κ2) is 8.09. The average Bonchev–Trinajstić information content (AvgIpc) is 2.86.